The Morgan fingerprint density at radius 3 is 2.77 bits per heavy atom. The van der Waals surface area contributed by atoms with Gasteiger partial charge in [-0.05, 0) is 42.7 Å². The van der Waals surface area contributed by atoms with Gasteiger partial charge in [-0.25, -0.2) is 0 Å². The molecule has 1 aliphatic heterocycles. The van der Waals surface area contributed by atoms with Gasteiger partial charge in [-0.1, -0.05) is 30.3 Å². The minimum Gasteiger partial charge on any atom is -0.489 e. The van der Waals surface area contributed by atoms with Crippen LogP contribution in [0.1, 0.15) is 23.1 Å². The van der Waals surface area contributed by atoms with Gasteiger partial charge in [0.1, 0.15) is 11.9 Å². The molecule has 22 heavy (non-hydrogen) atoms. The third-order valence-electron chi connectivity index (χ3n) is 4.10. The van der Waals surface area contributed by atoms with E-state index in [0.29, 0.717) is 5.56 Å². The smallest absolute Gasteiger partial charge is 0.120 e. The summed E-state index contributed by atoms with van der Waals surface area (Å²) < 4.78 is 6.07. The summed E-state index contributed by atoms with van der Waals surface area (Å²) >= 11 is 0. The molecule has 1 aliphatic rings. The fraction of sp³-hybridized carbons (Fsp3) is 0.316. The van der Waals surface area contributed by atoms with Crippen LogP contribution in [0.4, 0.5) is 0 Å². The van der Waals surface area contributed by atoms with Crippen molar-refractivity contribution in [3.05, 3.63) is 65.2 Å². The molecule has 1 unspecified atom stereocenters. The van der Waals surface area contributed by atoms with E-state index >= 15 is 0 Å². The summed E-state index contributed by atoms with van der Waals surface area (Å²) in [5.41, 5.74) is 3.03. The lowest BCUT2D eigenvalue weighted by Crippen LogP contribution is -2.24. The third-order valence-corrected chi connectivity index (χ3v) is 4.10. The summed E-state index contributed by atoms with van der Waals surface area (Å²) in [6.45, 7) is 4.94. The first-order valence-corrected chi connectivity index (χ1v) is 7.68. The van der Waals surface area contributed by atoms with Crippen molar-refractivity contribution in [3.8, 4) is 11.8 Å². The van der Waals surface area contributed by atoms with Crippen LogP contribution in [0.15, 0.2) is 48.5 Å². The molecular formula is C19H20N2O. The quantitative estimate of drug-likeness (QED) is 0.865. The second-order valence-corrected chi connectivity index (χ2v) is 5.84. The van der Waals surface area contributed by atoms with E-state index in [-0.39, 0.29) is 6.10 Å². The molecule has 1 atom stereocenters. The summed E-state index contributed by atoms with van der Waals surface area (Å²) in [6, 6.07) is 18.4. The van der Waals surface area contributed by atoms with Crippen molar-refractivity contribution < 1.29 is 4.74 Å². The molecule has 0 aliphatic carbocycles. The lowest BCUT2D eigenvalue weighted by atomic mass is 10.1. The number of aryl methyl sites for hydroxylation is 1. The molecule has 1 saturated heterocycles. The summed E-state index contributed by atoms with van der Waals surface area (Å²) in [6.07, 6.45) is 1.28. The Kier molecular flexibility index (Phi) is 4.41. The van der Waals surface area contributed by atoms with Crippen molar-refractivity contribution in [2.24, 2.45) is 0 Å². The van der Waals surface area contributed by atoms with Crippen molar-refractivity contribution in [1.82, 2.24) is 4.90 Å². The lowest BCUT2D eigenvalue weighted by molar-refractivity contribution is 0.198. The zero-order chi connectivity index (χ0) is 15.4. The largest absolute Gasteiger partial charge is 0.489 e. The van der Waals surface area contributed by atoms with Crippen LogP contribution < -0.4 is 4.74 Å². The van der Waals surface area contributed by atoms with Crippen molar-refractivity contribution in [2.75, 3.05) is 13.1 Å². The Hall–Kier alpha value is -2.31. The molecule has 3 rings (SSSR count). The highest BCUT2D eigenvalue weighted by Crippen LogP contribution is 2.22. The first kappa shape index (κ1) is 14.6. The Labute approximate surface area is 131 Å². The van der Waals surface area contributed by atoms with Crippen LogP contribution in [-0.4, -0.2) is 24.1 Å². The molecule has 1 heterocycles. The Balaban J connectivity index is 1.57. The van der Waals surface area contributed by atoms with E-state index in [1.165, 1.54) is 5.56 Å². The second kappa shape index (κ2) is 6.64. The van der Waals surface area contributed by atoms with E-state index in [2.05, 4.69) is 35.2 Å². The third kappa shape index (κ3) is 3.47. The van der Waals surface area contributed by atoms with Gasteiger partial charge in [0, 0.05) is 19.6 Å². The minimum absolute atomic E-state index is 0.232. The highest BCUT2D eigenvalue weighted by molar-refractivity contribution is 5.41. The number of likely N-dealkylation sites (tertiary alicyclic amines) is 1. The van der Waals surface area contributed by atoms with E-state index in [1.807, 2.05) is 31.2 Å². The highest BCUT2D eigenvalue weighted by atomic mass is 16.5. The maximum absolute atomic E-state index is 8.97. The normalized spacial score (nSPS) is 18.1. The molecular weight excluding hydrogens is 272 g/mol. The highest BCUT2D eigenvalue weighted by Gasteiger charge is 2.24. The summed E-state index contributed by atoms with van der Waals surface area (Å²) in [5.74, 6) is 0.864. The number of benzene rings is 2. The van der Waals surface area contributed by atoms with Crippen LogP contribution in [0.5, 0.6) is 5.75 Å². The van der Waals surface area contributed by atoms with Gasteiger partial charge in [0.15, 0.2) is 0 Å². The van der Waals surface area contributed by atoms with Gasteiger partial charge in [0.25, 0.3) is 0 Å². The first-order chi connectivity index (χ1) is 10.7. The first-order valence-electron chi connectivity index (χ1n) is 7.68. The standard InChI is InChI=1S/C19H20N2O/c1-15-11-18(8-7-17(15)12-20)22-19-9-10-21(14-19)13-16-5-3-2-4-6-16/h2-8,11,19H,9-10,13-14H2,1H3. The molecule has 112 valence electrons. The maximum Gasteiger partial charge on any atom is 0.120 e. The van der Waals surface area contributed by atoms with Crippen molar-refractivity contribution in [3.63, 3.8) is 0 Å². The zero-order valence-corrected chi connectivity index (χ0v) is 12.8. The molecule has 3 heteroatoms. The molecule has 0 aromatic heterocycles. The maximum atomic E-state index is 8.97. The van der Waals surface area contributed by atoms with Gasteiger partial charge >= 0.3 is 0 Å². The number of ether oxygens (including phenoxy) is 1. The Morgan fingerprint density at radius 1 is 1.23 bits per heavy atom. The Morgan fingerprint density at radius 2 is 2.05 bits per heavy atom. The predicted octanol–water partition coefficient (Wildman–Crippen LogP) is 3.52. The van der Waals surface area contributed by atoms with Crippen LogP contribution in [0.3, 0.4) is 0 Å². The predicted molar refractivity (Wildman–Crippen MR) is 86.6 cm³/mol. The van der Waals surface area contributed by atoms with Crippen LogP contribution in [0, 0.1) is 18.3 Å². The van der Waals surface area contributed by atoms with E-state index in [1.54, 1.807) is 0 Å². The van der Waals surface area contributed by atoms with E-state index in [0.717, 1.165) is 37.4 Å². The average Bonchev–Trinajstić information content (AvgIpc) is 2.95. The molecule has 0 bridgehead atoms. The molecule has 3 nitrogen and oxygen atoms in total. The molecule has 0 N–H and O–H groups in total. The van der Waals surface area contributed by atoms with E-state index < -0.39 is 0 Å². The second-order valence-electron chi connectivity index (χ2n) is 5.84. The molecule has 2 aromatic carbocycles. The van der Waals surface area contributed by atoms with Crippen LogP contribution in [-0.2, 0) is 6.54 Å². The number of hydrogen-bond donors (Lipinski definition) is 0. The number of nitriles is 1. The lowest BCUT2D eigenvalue weighted by Gasteiger charge is -2.17. The number of hydrogen-bond acceptors (Lipinski definition) is 3. The van der Waals surface area contributed by atoms with Gasteiger partial charge in [0.05, 0.1) is 11.6 Å². The minimum atomic E-state index is 0.232. The molecule has 2 aromatic rings. The van der Waals surface area contributed by atoms with Crippen LogP contribution in [0.2, 0.25) is 0 Å². The van der Waals surface area contributed by atoms with Gasteiger partial charge in [-0.2, -0.15) is 5.26 Å². The fourth-order valence-corrected chi connectivity index (χ4v) is 2.91. The SMILES string of the molecule is Cc1cc(OC2CCN(Cc3ccccc3)C2)ccc1C#N. The van der Waals surface area contributed by atoms with E-state index in [4.69, 9.17) is 10.00 Å². The summed E-state index contributed by atoms with van der Waals surface area (Å²) in [4.78, 5) is 2.43. The molecule has 1 fully saturated rings. The van der Waals surface area contributed by atoms with Crippen molar-refractivity contribution >= 4 is 0 Å². The van der Waals surface area contributed by atoms with Gasteiger partial charge < -0.3 is 4.74 Å². The fourth-order valence-electron chi connectivity index (χ4n) is 2.91. The number of rotatable bonds is 4. The van der Waals surface area contributed by atoms with Gasteiger partial charge in [-0.15, -0.1) is 0 Å². The topological polar surface area (TPSA) is 36.3 Å². The molecule has 0 saturated carbocycles. The zero-order valence-electron chi connectivity index (χ0n) is 12.8. The summed E-state index contributed by atoms with van der Waals surface area (Å²) in [7, 11) is 0. The van der Waals surface area contributed by atoms with Crippen molar-refractivity contribution in [1.29, 1.82) is 5.26 Å². The van der Waals surface area contributed by atoms with Crippen LogP contribution >= 0.6 is 0 Å². The monoisotopic (exact) mass is 292 g/mol. The van der Waals surface area contributed by atoms with Crippen LogP contribution in [0.25, 0.3) is 0 Å². The van der Waals surface area contributed by atoms with Gasteiger partial charge in [0.2, 0.25) is 0 Å². The van der Waals surface area contributed by atoms with Crippen molar-refractivity contribution in [2.45, 2.75) is 26.0 Å². The molecule has 0 radical (unpaired) electrons. The molecule has 0 spiro atoms. The summed E-state index contributed by atoms with van der Waals surface area (Å²) in [5, 5.41) is 8.97. The van der Waals surface area contributed by atoms with E-state index in [9.17, 15) is 0 Å². The molecule has 0 amide bonds. The Bertz CT molecular complexity index is 676. The number of nitrogens with zero attached hydrogens (tertiary/aromatic N) is 2. The average molecular weight is 292 g/mol. The van der Waals surface area contributed by atoms with Gasteiger partial charge in [-0.3, -0.25) is 4.90 Å².